The molecule has 0 bridgehead atoms. The molecule has 2 heterocycles. The van der Waals surface area contributed by atoms with Crippen LogP contribution in [0.2, 0.25) is 0 Å². The maximum absolute atomic E-state index is 10.9. The maximum atomic E-state index is 10.9. The topological polar surface area (TPSA) is 298 Å². The van der Waals surface area contributed by atoms with Gasteiger partial charge in [0.25, 0.3) is 11.4 Å². The molecule has 7 aromatic rings. The number of aromatic nitrogens is 6. The number of nitro benzene ring substituents is 2. The molecule has 0 unspecified atom stereocenters. The number of halogens is 5. The molecule has 0 saturated heterocycles. The summed E-state index contributed by atoms with van der Waals surface area (Å²) in [5, 5.41) is 53.8. The monoisotopic (exact) mass is 1540 g/mol. The molecule has 0 aliphatic carbocycles. The van der Waals surface area contributed by atoms with E-state index in [2.05, 4.69) is 193 Å². The number of nitrogen functional groups attached to an aromatic ring is 2. The van der Waals surface area contributed by atoms with Crippen LogP contribution in [-0.4, -0.2) is 95.9 Å². The number of carbonyl (C=O) groups excluding carboxylic acids is 1. The smallest absolute Gasteiger partial charge is 0.369 e. The Bertz CT molecular complexity index is 3300. The molecule has 2 aromatic heterocycles. The molecule has 0 amide bonds. The van der Waals surface area contributed by atoms with Crippen LogP contribution < -0.4 is 41.0 Å². The molecule has 28 heteroatoms. The molecule has 7 N–H and O–H groups in total. The van der Waals surface area contributed by atoms with Crippen molar-refractivity contribution >= 4 is 145 Å². The molecule has 0 aliphatic heterocycles. The minimum Gasteiger partial charge on any atom is -0.507 e. The molecule has 22 nitrogen and oxygen atoms in total. The quantitative estimate of drug-likeness (QED) is 0.0250. The summed E-state index contributed by atoms with van der Waals surface area (Å²) in [6.07, 6.45) is 0.938. The lowest BCUT2D eigenvalue weighted by atomic mass is 9.97. The Morgan fingerprint density at radius 1 is 0.568 bits per heavy atom. The number of carbonyl (C=O) groups is 1. The predicted octanol–water partition coefficient (Wildman–Crippen LogP) is 17.2. The van der Waals surface area contributed by atoms with Crippen molar-refractivity contribution < 1.29 is 38.7 Å². The summed E-state index contributed by atoms with van der Waals surface area (Å²) in [6.45, 7) is 34.5. The van der Waals surface area contributed by atoms with Crippen molar-refractivity contribution in [3.63, 3.8) is 0 Å². The average molecular weight is 1550 g/mol. The van der Waals surface area contributed by atoms with E-state index in [4.69, 9.17) is 30.4 Å². The van der Waals surface area contributed by atoms with Gasteiger partial charge in [0.2, 0.25) is 0 Å². The van der Waals surface area contributed by atoms with Gasteiger partial charge in [-0.3, -0.25) is 20.2 Å². The van der Waals surface area contributed by atoms with Gasteiger partial charge in [-0.05, 0) is 114 Å². The van der Waals surface area contributed by atoms with E-state index in [9.17, 15) is 30.1 Å². The minimum absolute atomic E-state index is 0. The van der Waals surface area contributed by atoms with Crippen molar-refractivity contribution in [3.05, 3.63) is 108 Å². The summed E-state index contributed by atoms with van der Waals surface area (Å²) in [6, 6.07) is 22.2. The summed E-state index contributed by atoms with van der Waals surface area (Å²) in [5.74, 6) is 2.67. The number of fused-ring (bicyclic) bond motifs is 2. The molecule has 0 saturated carbocycles. The van der Waals surface area contributed by atoms with E-state index in [-0.39, 0.29) is 60.5 Å². The molecule has 88 heavy (non-hydrogen) atoms. The Kier molecular flexibility index (Phi) is 34.7. The van der Waals surface area contributed by atoms with Crippen LogP contribution in [-0.2, 0) is 17.9 Å². The van der Waals surface area contributed by atoms with Crippen molar-refractivity contribution in [2.75, 3.05) is 63.6 Å². The van der Waals surface area contributed by atoms with E-state index in [1.54, 1.807) is 38.5 Å². The Morgan fingerprint density at radius 3 is 1.32 bits per heavy atom. The molecule has 0 aliphatic rings. The standard InChI is InChI=1S/C12H16BrN3O.C12H18N2O3.C12H20N2O.C11H14BrN3O.C7H8N2O3.C5H10O.CH4.BBr3/c1-12(2,3)7-16-8-5-6-9(17-4)10(13)11(8)14-15-16;1-12(2,3)8-13-10-6-5-9(17-4)7-11(10)14(15)16;1-12(2,3)8-14-11-6-5-9(15-4)7-10(11)13;1-11(2,3)6-15-7-4-5-8(16)9(12)10(7)13-14-15;1-12-5-2-3-6(8)7(4-5)9(10)11;1-5(2,3)4-6;;2-1(3)4/h5-6H,7H2,1-4H3;5-7,13H,8H2,1-4H3;5-7,14H,8,13H2,1-4H3;4-5,16H,6H2,1-3H3;2-4H,8H2,1H3;4H,1-3H3;1H4;. The number of aromatic hydroxyl groups is 1. The lowest BCUT2D eigenvalue weighted by Crippen LogP contribution is -2.19. The summed E-state index contributed by atoms with van der Waals surface area (Å²) < 4.78 is 25.6. The van der Waals surface area contributed by atoms with Crippen LogP contribution in [0.1, 0.15) is 111 Å². The fourth-order valence-electron chi connectivity index (χ4n) is 6.57. The normalized spacial score (nSPS) is 11.0. The first kappa shape index (κ1) is 82.0. The molecule has 0 fully saturated rings. The van der Waals surface area contributed by atoms with Crippen molar-refractivity contribution in [2.24, 2.45) is 27.1 Å². The summed E-state index contributed by atoms with van der Waals surface area (Å²) >= 11 is 16.1. The van der Waals surface area contributed by atoms with Gasteiger partial charge in [0.15, 0.2) is 0 Å². The number of phenols is 1. The third kappa shape index (κ3) is 31.5. The number of hydrogen-bond donors (Lipinski definition) is 5. The van der Waals surface area contributed by atoms with Crippen LogP contribution in [0.3, 0.4) is 0 Å². The number of aldehydes is 1. The number of nitrogens with one attached hydrogen (secondary N) is 2. The Morgan fingerprint density at radius 2 is 0.943 bits per heavy atom. The van der Waals surface area contributed by atoms with E-state index in [1.165, 1.54) is 32.4 Å². The maximum Gasteiger partial charge on any atom is 0.369 e. The zero-order valence-electron chi connectivity index (χ0n) is 53.2. The van der Waals surface area contributed by atoms with Crippen LogP contribution >= 0.6 is 79.1 Å². The van der Waals surface area contributed by atoms with Crippen LogP contribution in [0, 0.1) is 47.3 Å². The van der Waals surface area contributed by atoms with Crippen molar-refractivity contribution in [1.82, 2.24) is 30.0 Å². The molecular weight excluding hydrogens is 1460 g/mol. The summed E-state index contributed by atoms with van der Waals surface area (Å²) in [7, 11) is 6.21. The molecule has 0 spiro atoms. The highest BCUT2D eigenvalue weighted by Crippen LogP contribution is 2.35. The highest BCUT2D eigenvalue weighted by Gasteiger charge is 2.21. The zero-order chi connectivity index (χ0) is 67.0. The van der Waals surface area contributed by atoms with Gasteiger partial charge in [-0.15, -0.1) is 57.5 Å². The number of nitrogens with zero attached hydrogens (tertiary/aromatic N) is 8. The van der Waals surface area contributed by atoms with Gasteiger partial charge in [-0.25, -0.2) is 9.36 Å². The SMILES string of the molecule is BrB(Br)Br.C.CC(C)(C)C=O.CC(C)(C)Cn1nnc2c(Br)c(O)ccc21.COc1ccc(N)c([N+](=O)[O-])c1.COc1ccc(NCC(C)(C)C)c(N)c1.COc1ccc(NCC(C)(C)C)c([N+](=O)[O-])c1.COc1ccc2c(nnn2CC(C)(C)C)c1Br. The molecule has 5 aromatic carbocycles. The molecule has 7 rings (SSSR count). The molecular formula is C60H90BBr5N12O10. The first-order valence-electron chi connectivity index (χ1n) is 27.0. The van der Waals surface area contributed by atoms with E-state index >= 15 is 0 Å². The number of methoxy groups -OCH3 is 4. The van der Waals surface area contributed by atoms with Gasteiger partial charge in [0.1, 0.15) is 57.4 Å². The number of benzene rings is 5. The van der Waals surface area contributed by atoms with Crippen LogP contribution in [0.5, 0.6) is 28.7 Å². The number of nitro groups is 2. The van der Waals surface area contributed by atoms with Crippen LogP contribution in [0.4, 0.5) is 34.1 Å². The third-order valence-electron chi connectivity index (χ3n) is 10.7. The van der Waals surface area contributed by atoms with Gasteiger partial charge in [-0.2, -0.15) is 0 Å². The summed E-state index contributed by atoms with van der Waals surface area (Å²) in [4.78, 5) is 30.2. The second-order valence-electron chi connectivity index (χ2n) is 25.2. The number of nitrogens with two attached hydrogens (primary N) is 2. The minimum atomic E-state index is -0.544. The van der Waals surface area contributed by atoms with Crippen molar-refractivity contribution in [3.8, 4) is 28.7 Å². The summed E-state index contributed by atoms with van der Waals surface area (Å²) in [5.41, 5.74) is 17.5. The van der Waals surface area contributed by atoms with E-state index < -0.39 is 9.85 Å². The zero-order valence-corrected chi connectivity index (χ0v) is 61.2. The van der Waals surface area contributed by atoms with Gasteiger partial charge >= 0.3 is 3.18 Å². The predicted molar refractivity (Wildman–Crippen MR) is 379 cm³/mol. The second kappa shape index (κ2) is 37.3. The van der Waals surface area contributed by atoms with E-state index in [0.29, 0.717) is 33.7 Å². The number of rotatable bonds is 12. The first-order chi connectivity index (χ1) is 40.0. The molecule has 0 radical (unpaired) electrons. The fraction of sp³-hybridized carbons (Fsp3) is 0.483. The van der Waals surface area contributed by atoms with Gasteiger partial charge in [-0.1, -0.05) is 122 Å². The second-order valence-corrected chi connectivity index (χ2v) is 33.2. The number of anilines is 4. The highest BCUT2D eigenvalue weighted by atomic mass is 79.9. The van der Waals surface area contributed by atoms with Crippen LogP contribution in [0.15, 0.2) is 87.8 Å². The first-order valence-corrected chi connectivity index (χ1v) is 31.3. The lowest BCUT2D eigenvalue weighted by molar-refractivity contribution is -0.384. The Hall–Kier alpha value is -5.97. The Balaban J connectivity index is 0.00000103. The van der Waals surface area contributed by atoms with E-state index in [1.807, 2.05) is 66.5 Å². The fourth-order valence-corrected chi connectivity index (χ4v) is 7.56. The van der Waals surface area contributed by atoms with Crippen molar-refractivity contribution in [2.45, 2.75) is 124 Å². The van der Waals surface area contributed by atoms with Crippen molar-refractivity contribution in [1.29, 1.82) is 0 Å². The number of phenolic OH excluding ortho intramolecular Hbond substituents is 1. The lowest BCUT2D eigenvalue weighted by Gasteiger charge is -2.20. The molecule has 0 atom stereocenters. The van der Waals surface area contributed by atoms with E-state index in [0.717, 1.165) is 69.8 Å². The average Bonchev–Trinajstić information content (AvgIpc) is 4.17. The Labute approximate surface area is 561 Å². The number of ether oxygens (including phenoxy) is 4. The molecule has 488 valence electrons. The van der Waals surface area contributed by atoms with Gasteiger partial charge in [0, 0.05) is 37.7 Å². The highest BCUT2D eigenvalue weighted by molar-refractivity contribution is 9.69. The third-order valence-corrected chi connectivity index (χ3v) is 12.3. The van der Waals surface area contributed by atoms with Gasteiger partial charge in [0.05, 0.1) is 81.8 Å². The van der Waals surface area contributed by atoms with Gasteiger partial charge < -0.3 is 50.9 Å². The number of hydrogen-bond acceptors (Lipinski definition) is 18. The largest absolute Gasteiger partial charge is 0.507 e. The van der Waals surface area contributed by atoms with Crippen LogP contribution in [0.25, 0.3) is 22.1 Å².